The minimum atomic E-state index is -0.828. The number of aromatic hydroxyl groups is 1. The topological polar surface area (TPSA) is 86.6 Å². The van der Waals surface area contributed by atoms with Gasteiger partial charge in [-0.25, -0.2) is 8.78 Å². The van der Waals surface area contributed by atoms with Crippen molar-refractivity contribution in [3.05, 3.63) is 59.8 Å². The molecule has 8 rings (SSSR count). The Kier molecular flexibility index (Phi) is 6.26. The number of pyridine rings is 1. The molecule has 6 heterocycles. The lowest BCUT2D eigenvalue weighted by molar-refractivity contribution is 0.108. The number of hydrogen-bond acceptors (Lipinski definition) is 8. The molecule has 44 heavy (non-hydrogen) atoms. The molecule has 2 bridgehead atoms. The third-order valence-electron chi connectivity index (χ3n) is 9.85. The van der Waals surface area contributed by atoms with Crippen LogP contribution < -0.4 is 15.0 Å². The number of phenolic OH excluding ortho intramolecular Hbond substituents is 1. The van der Waals surface area contributed by atoms with Crippen molar-refractivity contribution in [2.45, 2.75) is 49.7 Å². The first-order valence-electron chi connectivity index (χ1n) is 15.2. The lowest BCUT2D eigenvalue weighted by atomic mass is 9.94. The third kappa shape index (κ3) is 4.21. The van der Waals surface area contributed by atoms with Crippen LogP contribution in [0.15, 0.2) is 42.6 Å². The number of piperazine rings is 1. The Labute approximate surface area is 253 Å². The Balaban J connectivity index is 1.28. The van der Waals surface area contributed by atoms with Crippen LogP contribution in [0, 0.1) is 24.0 Å². The van der Waals surface area contributed by atoms with Crippen molar-refractivity contribution >= 4 is 27.5 Å². The van der Waals surface area contributed by atoms with Gasteiger partial charge in [0.05, 0.1) is 10.9 Å². The van der Waals surface area contributed by atoms with Crippen molar-refractivity contribution in [2.75, 3.05) is 37.7 Å². The molecule has 4 aliphatic heterocycles. The normalized spacial score (nSPS) is 24.8. The van der Waals surface area contributed by atoms with Crippen LogP contribution >= 0.6 is 0 Å². The van der Waals surface area contributed by atoms with E-state index in [4.69, 9.17) is 16.1 Å². The highest BCUT2D eigenvalue weighted by atomic mass is 19.1. The first-order valence-corrected chi connectivity index (χ1v) is 15.2. The average Bonchev–Trinajstić information content (AvgIpc) is 3.67. The van der Waals surface area contributed by atoms with E-state index in [-0.39, 0.29) is 33.7 Å². The Hall–Kier alpha value is -4.33. The molecule has 1 unspecified atom stereocenters. The van der Waals surface area contributed by atoms with Crippen molar-refractivity contribution in [3.63, 3.8) is 0 Å². The van der Waals surface area contributed by atoms with E-state index in [1.54, 1.807) is 18.3 Å². The SMILES string of the molecule is C#Cc1cccc2c(F)c(O)cc(-c3ncc4c(N5C[C@H]6CC[C@@H](C5)N6)nc(OCC56CCCN5CC(=C)C6)nc4c3F)c12. The third-order valence-corrected chi connectivity index (χ3v) is 9.85. The van der Waals surface area contributed by atoms with Gasteiger partial charge < -0.3 is 20.1 Å². The van der Waals surface area contributed by atoms with Crippen LogP contribution in [-0.2, 0) is 0 Å². The molecule has 0 spiro atoms. The number of anilines is 1. The quantitative estimate of drug-likeness (QED) is 0.249. The summed E-state index contributed by atoms with van der Waals surface area (Å²) in [5.74, 6) is 0.966. The Bertz CT molecular complexity index is 1900. The minimum absolute atomic E-state index is 0.0487. The predicted octanol–water partition coefficient (Wildman–Crippen LogP) is 4.92. The molecule has 8 nitrogen and oxygen atoms in total. The summed E-state index contributed by atoms with van der Waals surface area (Å²) in [5, 5.41) is 14.9. The van der Waals surface area contributed by atoms with Crippen LogP contribution in [0.3, 0.4) is 0 Å². The molecule has 224 valence electrons. The van der Waals surface area contributed by atoms with Gasteiger partial charge in [0.1, 0.15) is 23.6 Å². The summed E-state index contributed by atoms with van der Waals surface area (Å²) in [6.45, 7) is 7.91. The molecule has 0 saturated carbocycles. The fourth-order valence-electron chi connectivity index (χ4n) is 7.87. The van der Waals surface area contributed by atoms with E-state index in [1.807, 2.05) is 0 Å². The van der Waals surface area contributed by atoms with E-state index in [0.717, 1.165) is 58.3 Å². The predicted molar refractivity (Wildman–Crippen MR) is 165 cm³/mol. The maximum Gasteiger partial charge on any atom is 0.319 e. The number of terminal acetylenes is 1. The van der Waals surface area contributed by atoms with E-state index in [0.29, 0.717) is 40.8 Å². The maximum atomic E-state index is 16.8. The highest BCUT2D eigenvalue weighted by Crippen LogP contribution is 2.42. The fourth-order valence-corrected chi connectivity index (χ4v) is 7.87. The molecule has 4 aliphatic rings. The molecule has 2 aromatic heterocycles. The first-order chi connectivity index (χ1) is 21.3. The van der Waals surface area contributed by atoms with Crippen LogP contribution in [-0.4, -0.2) is 75.4 Å². The summed E-state index contributed by atoms with van der Waals surface area (Å²) in [6, 6.07) is 6.67. The summed E-state index contributed by atoms with van der Waals surface area (Å²) in [7, 11) is 0. The number of nitrogens with one attached hydrogen (secondary N) is 1. The molecule has 0 radical (unpaired) electrons. The molecular weight excluding hydrogens is 562 g/mol. The van der Waals surface area contributed by atoms with Crippen LogP contribution in [0.4, 0.5) is 14.6 Å². The van der Waals surface area contributed by atoms with Gasteiger partial charge in [-0.2, -0.15) is 9.97 Å². The largest absolute Gasteiger partial charge is 0.505 e. The van der Waals surface area contributed by atoms with Crippen LogP contribution in [0.25, 0.3) is 32.9 Å². The Morgan fingerprint density at radius 2 is 1.98 bits per heavy atom. The van der Waals surface area contributed by atoms with Gasteiger partial charge in [-0.3, -0.25) is 9.88 Å². The summed E-state index contributed by atoms with van der Waals surface area (Å²) >= 11 is 0. The Morgan fingerprint density at radius 1 is 1.16 bits per heavy atom. The number of benzene rings is 2. The highest BCUT2D eigenvalue weighted by Gasteiger charge is 2.46. The van der Waals surface area contributed by atoms with Gasteiger partial charge in [0.25, 0.3) is 0 Å². The Morgan fingerprint density at radius 3 is 2.77 bits per heavy atom. The van der Waals surface area contributed by atoms with Crippen LogP contribution in [0.5, 0.6) is 11.8 Å². The molecule has 2 aromatic carbocycles. The zero-order valence-corrected chi connectivity index (χ0v) is 24.2. The smallest absolute Gasteiger partial charge is 0.319 e. The number of halogens is 2. The molecule has 0 amide bonds. The standard InChI is InChI=1S/C34H32F2N6O2/c1-3-20-6-4-7-23-27(20)24(12-26(43)28(23)35)30-29(36)31-25(14-37-30)32(41-16-21-8-9-22(17-41)38-21)40-33(39-31)44-18-34-10-5-11-42(34)15-19(2)13-34/h1,4,6-7,12,14,21-22,38,43H,2,5,8-11,13,15-18H2/t21-,22+,34?. The van der Waals surface area contributed by atoms with E-state index >= 15 is 4.39 Å². The van der Waals surface area contributed by atoms with Crippen molar-refractivity contribution < 1.29 is 18.6 Å². The monoisotopic (exact) mass is 594 g/mol. The molecule has 2 N–H and O–H groups in total. The molecule has 0 aliphatic carbocycles. The lowest BCUT2D eigenvalue weighted by Gasteiger charge is -2.34. The van der Waals surface area contributed by atoms with E-state index < -0.39 is 17.4 Å². The maximum absolute atomic E-state index is 16.8. The molecular formula is C34H32F2N6O2. The number of rotatable bonds is 5. The van der Waals surface area contributed by atoms with Gasteiger partial charge >= 0.3 is 6.01 Å². The van der Waals surface area contributed by atoms with Crippen LogP contribution in [0.1, 0.15) is 37.7 Å². The zero-order valence-electron chi connectivity index (χ0n) is 24.2. The minimum Gasteiger partial charge on any atom is -0.505 e. The van der Waals surface area contributed by atoms with Gasteiger partial charge in [-0.15, -0.1) is 6.42 Å². The summed E-state index contributed by atoms with van der Waals surface area (Å²) in [5.41, 5.74) is 1.53. The number of hydrogen-bond donors (Lipinski definition) is 2. The van der Waals surface area contributed by atoms with Crippen molar-refractivity contribution in [3.8, 4) is 35.4 Å². The van der Waals surface area contributed by atoms with Crippen molar-refractivity contribution in [1.82, 2.24) is 25.2 Å². The second-order valence-electron chi connectivity index (χ2n) is 12.7. The van der Waals surface area contributed by atoms with Crippen molar-refractivity contribution in [1.29, 1.82) is 0 Å². The van der Waals surface area contributed by atoms with Gasteiger partial charge in [0.15, 0.2) is 17.4 Å². The summed E-state index contributed by atoms with van der Waals surface area (Å²) in [4.78, 5) is 18.6. The highest BCUT2D eigenvalue weighted by molar-refractivity contribution is 6.03. The average molecular weight is 595 g/mol. The fraction of sp³-hybridized carbons (Fsp3) is 0.382. The number of aromatic nitrogens is 3. The van der Waals surface area contributed by atoms with Crippen molar-refractivity contribution in [2.24, 2.45) is 0 Å². The first kappa shape index (κ1) is 27.2. The molecule has 10 heteroatoms. The second kappa shape index (κ2) is 10.1. The molecule has 3 atom stereocenters. The number of fused-ring (bicyclic) bond motifs is 5. The van der Waals surface area contributed by atoms with Gasteiger partial charge in [0.2, 0.25) is 0 Å². The summed E-state index contributed by atoms with van der Waals surface area (Å²) < 4.78 is 38.1. The zero-order chi connectivity index (χ0) is 30.2. The van der Waals surface area contributed by atoms with E-state index in [9.17, 15) is 9.50 Å². The number of nitrogens with zero attached hydrogens (tertiary/aromatic N) is 5. The number of phenols is 1. The summed E-state index contributed by atoms with van der Waals surface area (Å²) in [6.07, 6.45) is 12.4. The van der Waals surface area contributed by atoms with E-state index in [1.165, 1.54) is 17.7 Å². The number of ether oxygens (including phenoxy) is 1. The second-order valence-corrected chi connectivity index (χ2v) is 12.7. The lowest BCUT2D eigenvalue weighted by Crippen LogP contribution is -2.51. The van der Waals surface area contributed by atoms with Gasteiger partial charge in [-0.05, 0) is 50.8 Å². The van der Waals surface area contributed by atoms with Crippen LogP contribution in [0.2, 0.25) is 0 Å². The van der Waals surface area contributed by atoms with Gasteiger partial charge in [-0.1, -0.05) is 30.2 Å². The molecule has 4 aromatic rings. The molecule has 4 saturated heterocycles. The van der Waals surface area contributed by atoms with E-state index in [2.05, 4.69) is 37.6 Å². The molecule has 4 fully saturated rings. The van der Waals surface area contributed by atoms with Gasteiger partial charge in [0, 0.05) is 59.8 Å².